The highest BCUT2D eigenvalue weighted by molar-refractivity contribution is 7.89. The van der Waals surface area contributed by atoms with E-state index in [1.165, 1.54) is 6.07 Å². The normalized spacial score (nSPS) is 19.0. The van der Waals surface area contributed by atoms with Gasteiger partial charge in [0.25, 0.3) is 0 Å². The van der Waals surface area contributed by atoms with Crippen molar-refractivity contribution in [3.05, 3.63) is 23.8 Å². The lowest BCUT2D eigenvalue weighted by Gasteiger charge is -2.22. The average molecular weight is 394 g/mol. The minimum absolute atomic E-state index is 0.0428. The summed E-state index contributed by atoms with van der Waals surface area (Å²) in [5.41, 5.74) is 1.69. The van der Waals surface area contributed by atoms with Crippen LogP contribution in [-0.2, 0) is 26.0 Å². The Balaban J connectivity index is 1.66. The molecule has 2 amide bonds. The van der Waals surface area contributed by atoms with Gasteiger partial charge in [0.05, 0.1) is 4.90 Å². The predicted molar refractivity (Wildman–Crippen MR) is 103 cm³/mol. The molecular weight excluding hydrogens is 366 g/mol. The number of amides is 2. The number of nitrogens with one attached hydrogen (secondary N) is 2. The van der Waals surface area contributed by atoms with E-state index in [-0.39, 0.29) is 41.6 Å². The Morgan fingerprint density at radius 2 is 1.96 bits per heavy atom. The van der Waals surface area contributed by atoms with Crippen molar-refractivity contribution in [3.8, 4) is 0 Å². The van der Waals surface area contributed by atoms with Crippen LogP contribution in [0.5, 0.6) is 0 Å². The maximum Gasteiger partial charge on any atom is 0.240 e. The van der Waals surface area contributed by atoms with E-state index in [4.69, 9.17) is 0 Å². The molecule has 0 saturated heterocycles. The first-order valence-electron chi connectivity index (χ1n) is 9.56. The van der Waals surface area contributed by atoms with Gasteiger partial charge in [0.2, 0.25) is 21.8 Å². The number of rotatable bonds is 8. The number of hydrogen-bond donors (Lipinski definition) is 2. The number of sulfonamides is 1. The van der Waals surface area contributed by atoms with Crippen molar-refractivity contribution < 1.29 is 18.0 Å². The summed E-state index contributed by atoms with van der Waals surface area (Å²) in [6, 6.07) is 4.94. The monoisotopic (exact) mass is 393 g/mol. The molecule has 1 aromatic carbocycles. The molecule has 1 heterocycles. The molecule has 1 aromatic rings. The molecular formula is C19H27N3O4S. The Kier molecular flexibility index (Phi) is 5.86. The smallest absolute Gasteiger partial charge is 0.240 e. The molecule has 1 aliphatic carbocycles. The van der Waals surface area contributed by atoms with Crippen LogP contribution in [0, 0.1) is 5.92 Å². The quantitative estimate of drug-likeness (QED) is 0.701. The number of hydrogen-bond acceptors (Lipinski definition) is 4. The van der Waals surface area contributed by atoms with Crippen LogP contribution >= 0.6 is 0 Å². The van der Waals surface area contributed by atoms with Crippen molar-refractivity contribution in [3.63, 3.8) is 0 Å². The maximum atomic E-state index is 12.5. The zero-order chi connectivity index (χ0) is 19.6. The Hall–Kier alpha value is -1.93. The number of benzene rings is 1. The molecule has 148 valence electrons. The number of carbonyl (C=O) groups is 2. The Bertz CT molecular complexity index is 833. The van der Waals surface area contributed by atoms with E-state index >= 15 is 0 Å². The van der Waals surface area contributed by atoms with Crippen LogP contribution in [-0.4, -0.2) is 39.4 Å². The average Bonchev–Trinajstić information content (AvgIpc) is 3.41. The van der Waals surface area contributed by atoms with Gasteiger partial charge in [-0.3, -0.25) is 9.59 Å². The van der Waals surface area contributed by atoms with Crippen LogP contribution < -0.4 is 14.9 Å². The van der Waals surface area contributed by atoms with Gasteiger partial charge in [-0.1, -0.05) is 6.92 Å². The second-order valence-corrected chi connectivity index (χ2v) is 9.09. The Morgan fingerprint density at radius 1 is 1.22 bits per heavy atom. The number of anilines is 1. The molecule has 2 N–H and O–H groups in total. The van der Waals surface area contributed by atoms with Crippen LogP contribution in [0.1, 0.15) is 45.1 Å². The van der Waals surface area contributed by atoms with Crippen molar-refractivity contribution in [2.45, 2.75) is 56.9 Å². The van der Waals surface area contributed by atoms with Gasteiger partial charge in [0.15, 0.2) is 0 Å². The fraction of sp³-hybridized carbons (Fsp3) is 0.579. The standard InChI is InChI=1S/C19H27N3O4S/c1-3-9-20-18(23)8-10-21-27(25,26)16-6-7-17-15(12-16)11-13(2)22(17)19(24)14-4-5-14/h6-7,12-14,21H,3-5,8-11H2,1-2H3,(H,20,23)/t13-/m0/s1. The topological polar surface area (TPSA) is 95.6 Å². The van der Waals surface area contributed by atoms with Crippen LogP contribution in [0.2, 0.25) is 0 Å². The molecule has 0 bridgehead atoms. The minimum Gasteiger partial charge on any atom is -0.356 e. The molecule has 3 rings (SSSR count). The molecule has 7 nitrogen and oxygen atoms in total. The molecule has 8 heteroatoms. The third kappa shape index (κ3) is 4.50. The highest BCUT2D eigenvalue weighted by Crippen LogP contribution is 2.39. The van der Waals surface area contributed by atoms with Gasteiger partial charge >= 0.3 is 0 Å². The van der Waals surface area contributed by atoms with E-state index in [1.807, 2.05) is 18.7 Å². The second-order valence-electron chi connectivity index (χ2n) is 7.32. The molecule has 27 heavy (non-hydrogen) atoms. The first kappa shape index (κ1) is 19.8. The first-order valence-corrected chi connectivity index (χ1v) is 11.0. The van der Waals surface area contributed by atoms with Crippen molar-refractivity contribution in [1.29, 1.82) is 0 Å². The third-order valence-electron chi connectivity index (χ3n) is 4.96. The van der Waals surface area contributed by atoms with E-state index in [2.05, 4.69) is 10.0 Å². The van der Waals surface area contributed by atoms with Gasteiger partial charge in [0.1, 0.15) is 0 Å². The molecule has 1 saturated carbocycles. The van der Waals surface area contributed by atoms with E-state index in [0.29, 0.717) is 13.0 Å². The maximum absolute atomic E-state index is 12.5. The van der Waals surface area contributed by atoms with Gasteiger partial charge in [-0.15, -0.1) is 0 Å². The summed E-state index contributed by atoms with van der Waals surface area (Å²) in [6.45, 7) is 4.58. The lowest BCUT2D eigenvalue weighted by Crippen LogP contribution is -2.36. The van der Waals surface area contributed by atoms with Crippen LogP contribution in [0.25, 0.3) is 0 Å². The van der Waals surface area contributed by atoms with Crippen LogP contribution in [0.15, 0.2) is 23.1 Å². The molecule has 1 aliphatic heterocycles. The highest BCUT2D eigenvalue weighted by atomic mass is 32.2. The molecule has 0 spiro atoms. The predicted octanol–water partition coefficient (Wildman–Crippen LogP) is 1.57. The summed E-state index contributed by atoms with van der Waals surface area (Å²) in [5.74, 6) is 0.104. The summed E-state index contributed by atoms with van der Waals surface area (Å²) in [6.07, 6.45) is 3.48. The van der Waals surface area contributed by atoms with Gasteiger partial charge in [-0.25, -0.2) is 13.1 Å². The summed E-state index contributed by atoms with van der Waals surface area (Å²) in [7, 11) is -3.69. The summed E-state index contributed by atoms with van der Waals surface area (Å²) in [4.78, 5) is 26.1. The Morgan fingerprint density at radius 3 is 2.63 bits per heavy atom. The zero-order valence-electron chi connectivity index (χ0n) is 15.8. The summed E-state index contributed by atoms with van der Waals surface area (Å²) in [5, 5.41) is 2.72. The van der Waals surface area contributed by atoms with Crippen molar-refractivity contribution in [2.24, 2.45) is 5.92 Å². The van der Waals surface area contributed by atoms with Crippen LogP contribution in [0.4, 0.5) is 5.69 Å². The largest absolute Gasteiger partial charge is 0.356 e. The van der Waals surface area contributed by atoms with Gasteiger partial charge < -0.3 is 10.2 Å². The van der Waals surface area contributed by atoms with Gasteiger partial charge in [-0.2, -0.15) is 0 Å². The van der Waals surface area contributed by atoms with Gasteiger partial charge in [0, 0.05) is 37.2 Å². The fourth-order valence-electron chi connectivity index (χ4n) is 3.37. The fourth-order valence-corrected chi connectivity index (χ4v) is 4.45. The molecule has 0 unspecified atom stereocenters. The van der Waals surface area contributed by atoms with Crippen molar-refractivity contribution in [1.82, 2.24) is 10.0 Å². The SMILES string of the molecule is CCCNC(=O)CCNS(=O)(=O)c1ccc2c(c1)C[C@H](C)N2C(=O)C1CC1. The lowest BCUT2D eigenvalue weighted by atomic mass is 10.1. The summed E-state index contributed by atoms with van der Waals surface area (Å²) < 4.78 is 27.5. The van der Waals surface area contributed by atoms with E-state index in [1.54, 1.807) is 12.1 Å². The summed E-state index contributed by atoms with van der Waals surface area (Å²) >= 11 is 0. The van der Waals surface area contributed by atoms with E-state index in [0.717, 1.165) is 30.5 Å². The van der Waals surface area contributed by atoms with Crippen LogP contribution in [0.3, 0.4) is 0 Å². The molecule has 0 radical (unpaired) electrons. The lowest BCUT2D eigenvalue weighted by molar-refractivity contribution is -0.121. The molecule has 1 atom stereocenters. The second kappa shape index (κ2) is 7.98. The van der Waals surface area contributed by atoms with E-state index < -0.39 is 10.0 Å². The molecule has 2 aliphatic rings. The Labute approximate surface area is 160 Å². The number of fused-ring (bicyclic) bond motifs is 1. The van der Waals surface area contributed by atoms with Crippen molar-refractivity contribution >= 4 is 27.5 Å². The first-order chi connectivity index (χ1) is 12.8. The highest BCUT2D eigenvalue weighted by Gasteiger charge is 2.39. The van der Waals surface area contributed by atoms with E-state index in [9.17, 15) is 18.0 Å². The third-order valence-corrected chi connectivity index (χ3v) is 6.42. The number of carbonyl (C=O) groups excluding carboxylic acids is 2. The minimum atomic E-state index is -3.69. The molecule has 1 fully saturated rings. The molecule has 0 aromatic heterocycles. The van der Waals surface area contributed by atoms with Crippen molar-refractivity contribution in [2.75, 3.05) is 18.0 Å². The van der Waals surface area contributed by atoms with Gasteiger partial charge in [-0.05, 0) is 56.4 Å². The zero-order valence-corrected chi connectivity index (χ0v) is 16.6. The number of nitrogens with zero attached hydrogens (tertiary/aromatic N) is 1.